The monoisotopic (exact) mass is 296 g/mol. The van der Waals surface area contributed by atoms with Gasteiger partial charge in [0.25, 0.3) is 0 Å². The van der Waals surface area contributed by atoms with Crippen molar-refractivity contribution in [1.29, 1.82) is 0 Å². The number of nitrogens with zero attached hydrogens (tertiary/aromatic N) is 1. The Kier molecular flexibility index (Phi) is 8.26. The molecule has 1 N–H and O–H groups in total. The van der Waals surface area contributed by atoms with Gasteiger partial charge in [-0.3, -0.25) is 0 Å². The Labute approximate surface area is 134 Å². The highest BCUT2D eigenvalue weighted by Gasteiger charge is 2.45. The molecule has 2 aliphatic heterocycles. The van der Waals surface area contributed by atoms with Crippen molar-refractivity contribution in [1.82, 2.24) is 10.2 Å². The van der Waals surface area contributed by atoms with Gasteiger partial charge in [-0.2, -0.15) is 0 Å². The van der Waals surface area contributed by atoms with Crippen LogP contribution in [0.5, 0.6) is 0 Å². The van der Waals surface area contributed by atoms with Gasteiger partial charge in [-0.15, -0.1) is 0 Å². The molecule has 0 atom stereocenters. The van der Waals surface area contributed by atoms with E-state index in [-0.39, 0.29) is 0 Å². The highest BCUT2D eigenvalue weighted by molar-refractivity contribution is 4.98. The fourth-order valence-corrected chi connectivity index (χ4v) is 4.23. The first kappa shape index (κ1) is 19.0. The molecule has 0 amide bonds. The molecule has 0 radical (unpaired) electrons. The molecule has 4 aliphatic rings. The van der Waals surface area contributed by atoms with Crippen LogP contribution in [0.2, 0.25) is 0 Å². The second kappa shape index (κ2) is 9.15. The van der Waals surface area contributed by atoms with Crippen molar-refractivity contribution in [2.45, 2.75) is 79.1 Å². The summed E-state index contributed by atoms with van der Waals surface area (Å²) in [5, 5.41) is 3.41. The quantitative estimate of drug-likeness (QED) is 0.697. The molecule has 2 heteroatoms. The van der Waals surface area contributed by atoms with E-state index in [0.717, 1.165) is 10.8 Å². The predicted octanol–water partition coefficient (Wildman–Crippen LogP) is 4.69. The Morgan fingerprint density at radius 3 is 1.29 bits per heavy atom. The lowest BCUT2D eigenvalue weighted by atomic mass is 9.63. The molecule has 2 aliphatic carbocycles. The predicted molar refractivity (Wildman–Crippen MR) is 94.9 cm³/mol. The van der Waals surface area contributed by atoms with Gasteiger partial charge in [-0.05, 0) is 69.5 Å². The molecule has 0 aromatic rings. The Bertz CT molecular complexity index is 251. The number of rotatable bonds is 0. The molecule has 126 valence electrons. The van der Waals surface area contributed by atoms with Crippen LogP contribution in [0.15, 0.2) is 0 Å². The first-order valence-corrected chi connectivity index (χ1v) is 9.62. The van der Waals surface area contributed by atoms with E-state index < -0.39 is 0 Å². The smallest absolute Gasteiger partial charge is 0.00474 e. The van der Waals surface area contributed by atoms with Crippen LogP contribution in [0.4, 0.5) is 0 Å². The van der Waals surface area contributed by atoms with Gasteiger partial charge in [0.2, 0.25) is 0 Å². The molecule has 0 bridgehead atoms. The van der Waals surface area contributed by atoms with E-state index >= 15 is 0 Å². The van der Waals surface area contributed by atoms with Gasteiger partial charge in [0.15, 0.2) is 0 Å². The van der Waals surface area contributed by atoms with E-state index in [1.54, 1.807) is 0 Å². The summed E-state index contributed by atoms with van der Waals surface area (Å²) in [7, 11) is 2.21. The highest BCUT2D eigenvalue weighted by Crippen LogP contribution is 2.47. The molecular formula is C19H40N2. The van der Waals surface area contributed by atoms with Crippen molar-refractivity contribution in [3.63, 3.8) is 0 Å². The van der Waals surface area contributed by atoms with E-state index in [1.807, 2.05) is 27.7 Å². The maximum Gasteiger partial charge on any atom is 0.00474 e. The summed E-state index contributed by atoms with van der Waals surface area (Å²) in [5.74, 6) is 0. The second-order valence-electron chi connectivity index (χ2n) is 7.13. The molecule has 2 spiro atoms. The van der Waals surface area contributed by atoms with E-state index in [9.17, 15) is 0 Å². The van der Waals surface area contributed by atoms with Gasteiger partial charge >= 0.3 is 0 Å². The average Bonchev–Trinajstić information content (AvgIpc) is 2.46. The van der Waals surface area contributed by atoms with Gasteiger partial charge in [0, 0.05) is 13.1 Å². The minimum absolute atomic E-state index is 0.839. The number of nitrogens with one attached hydrogen (secondary N) is 1. The minimum Gasteiger partial charge on any atom is -0.317 e. The standard InChI is InChI=1S/C8H15N.C7H13N.2C2H6/c1-2-8(3-1)4-6-9-7-5-8;1-8-5-7(6-8)3-2-4-7;2*1-2/h9H,1-7H2;2-6H2,1H3;2*1-2H3. The third-order valence-corrected chi connectivity index (χ3v) is 5.70. The molecule has 2 saturated heterocycles. The van der Waals surface area contributed by atoms with Crippen molar-refractivity contribution < 1.29 is 0 Å². The van der Waals surface area contributed by atoms with Crippen molar-refractivity contribution >= 4 is 0 Å². The summed E-state index contributed by atoms with van der Waals surface area (Å²) in [6.07, 6.45) is 12.0. The molecule has 4 fully saturated rings. The van der Waals surface area contributed by atoms with Crippen LogP contribution < -0.4 is 5.32 Å². The van der Waals surface area contributed by atoms with Crippen LogP contribution in [-0.4, -0.2) is 38.1 Å². The summed E-state index contributed by atoms with van der Waals surface area (Å²) >= 11 is 0. The summed E-state index contributed by atoms with van der Waals surface area (Å²) in [4.78, 5) is 2.42. The lowest BCUT2D eigenvalue weighted by Gasteiger charge is -2.54. The fourth-order valence-electron chi connectivity index (χ4n) is 4.23. The molecule has 4 rings (SSSR count). The molecule has 0 aromatic carbocycles. The fraction of sp³-hybridized carbons (Fsp3) is 1.00. The number of hydrogen-bond acceptors (Lipinski definition) is 2. The third kappa shape index (κ3) is 4.96. The first-order valence-electron chi connectivity index (χ1n) is 9.62. The Hall–Kier alpha value is -0.0800. The Morgan fingerprint density at radius 2 is 1.10 bits per heavy atom. The molecule has 0 aromatic heterocycles. The average molecular weight is 297 g/mol. The highest BCUT2D eigenvalue weighted by atomic mass is 15.2. The molecule has 2 heterocycles. The largest absolute Gasteiger partial charge is 0.317 e. The van der Waals surface area contributed by atoms with Crippen LogP contribution in [0.3, 0.4) is 0 Å². The van der Waals surface area contributed by atoms with Crippen molar-refractivity contribution in [3.05, 3.63) is 0 Å². The van der Waals surface area contributed by atoms with E-state index in [0.29, 0.717) is 0 Å². The van der Waals surface area contributed by atoms with Crippen molar-refractivity contribution in [3.8, 4) is 0 Å². The van der Waals surface area contributed by atoms with Gasteiger partial charge in [0.05, 0.1) is 0 Å². The first-order chi connectivity index (χ1) is 10.2. The van der Waals surface area contributed by atoms with Crippen LogP contribution in [0, 0.1) is 10.8 Å². The summed E-state index contributed by atoms with van der Waals surface area (Å²) in [5.41, 5.74) is 1.68. The summed E-state index contributed by atoms with van der Waals surface area (Å²) in [6.45, 7) is 13.3. The van der Waals surface area contributed by atoms with Crippen molar-refractivity contribution in [2.75, 3.05) is 33.2 Å². The van der Waals surface area contributed by atoms with Crippen LogP contribution in [0.25, 0.3) is 0 Å². The van der Waals surface area contributed by atoms with Crippen molar-refractivity contribution in [2.24, 2.45) is 10.8 Å². The van der Waals surface area contributed by atoms with Gasteiger partial charge in [-0.25, -0.2) is 0 Å². The minimum atomic E-state index is 0.839. The van der Waals surface area contributed by atoms with Crippen LogP contribution in [0.1, 0.15) is 79.1 Å². The zero-order chi connectivity index (χ0) is 15.8. The van der Waals surface area contributed by atoms with Crippen LogP contribution in [-0.2, 0) is 0 Å². The SMILES string of the molecule is C1CC2(C1)CCNCC2.CC.CC.CN1CC2(CCC2)C1. The molecule has 2 nitrogen and oxygen atoms in total. The van der Waals surface area contributed by atoms with E-state index in [2.05, 4.69) is 17.3 Å². The lowest BCUT2D eigenvalue weighted by Crippen LogP contribution is -2.57. The Morgan fingerprint density at radius 1 is 0.667 bits per heavy atom. The van der Waals surface area contributed by atoms with Crippen LogP contribution >= 0.6 is 0 Å². The van der Waals surface area contributed by atoms with E-state index in [4.69, 9.17) is 0 Å². The van der Waals surface area contributed by atoms with Gasteiger partial charge in [0.1, 0.15) is 0 Å². The maximum absolute atomic E-state index is 3.41. The molecular weight excluding hydrogens is 256 g/mol. The lowest BCUT2D eigenvalue weighted by molar-refractivity contribution is -0.0436. The molecule has 21 heavy (non-hydrogen) atoms. The number of likely N-dealkylation sites (tertiary alicyclic amines) is 1. The van der Waals surface area contributed by atoms with E-state index in [1.165, 1.54) is 77.5 Å². The number of piperidine rings is 1. The molecule has 0 unspecified atom stereocenters. The second-order valence-corrected chi connectivity index (χ2v) is 7.13. The topological polar surface area (TPSA) is 15.3 Å². The molecule has 2 saturated carbocycles. The normalized spacial score (nSPS) is 27.3. The third-order valence-electron chi connectivity index (χ3n) is 5.70. The number of hydrogen-bond donors (Lipinski definition) is 1. The summed E-state index contributed by atoms with van der Waals surface area (Å²) < 4.78 is 0. The maximum atomic E-state index is 3.41. The zero-order valence-electron chi connectivity index (χ0n) is 15.4. The Balaban J connectivity index is 0.000000171. The van der Waals surface area contributed by atoms with Gasteiger partial charge < -0.3 is 10.2 Å². The zero-order valence-corrected chi connectivity index (χ0v) is 15.4. The van der Waals surface area contributed by atoms with Gasteiger partial charge in [-0.1, -0.05) is 40.5 Å². The summed E-state index contributed by atoms with van der Waals surface area (Å²) in [6, 6.07) is 0.